The van der Waals surface area contributed by atoms with Gasteiger partial charge in [0, 0.05) is 11.3 Å². The normalized spacial score (nSPS) is 9.50. The SMILES string of the molecule is N#Cc1ccc(NCC(=O)c2ccccc2)cc1. The number of ketones is 1. The zero-order valence-electron chi connectivity index (χ0n) is 9.76. The smallest absolute Gasteiger partial charge is 0.181 e. The second kappa shape index (κ2) is 5.65. The van der Waals surface area contributed by atoms with Crippen LogP contribution in [0.2, 0.25) is 0 Å². The van der Waals surface area contributed by atoms with Crippen molar-refractivity contribution < 1.29 is 4.79 Å². The van der Waals surface area contributed by atoms with E-state index in [0.717, 1.165) is 5.69 Å². The molecule has 2 aromatic rings. The summed E-state index contributed by atoms with van der Waals surface area (Å²) in [5.74, 6) is 0.0416. The summed E-state index contributed by atoms with van der Waals surface area (Å²) in [5.41, 5.74) is 2.13. The predicted molar refractivity (Wildman–Crippen MR) is 70.4 cm³/mol. The molecule has 0 bridgehead atoms. The zero-order valence-corrected chi connectivity index (χ0v) is 9.76. The molecule has 0 amide bonds. The molecule has 0 aliphatic carbocycles. The van der Waals surface area contributed by atoms with Crippen LogP contribution in [-0.4, -0.2) is 12.3 Å². The lowest BCUT2D eigenvalue weighted by Crippen LogP contribution is -2.13. The second-order valence-electron chi connectivity index (χ2n) is 3.83. The molecule has 1 N–H and O–H groups in total. The first kappa shape index (κ1) is 11.9. The molecule has 0 saturated heterocycles. The number of nitrogens with zero attached hydrogens (tertiary/aromatic N) is 1. The molecule has 0 fully saturated rings. The van der Waals surface area contributed by atoms with E-state index in [-0.39, 0.29) is 12.3 Å². The van der Waals surface area contributed by atoms with Gasteiger partial charge in [-0.15, -0.1) is 0 Å². The van der Waals surface area contributed by atoms with E-state index in [2.05, 4.69) is 11.4 Å². The Morgan fingerprint density at radius 2 is 1.72 bits per heavy atom. The Bertz CT molecular complexity index is 568. The number of anilines is 1. The van der Waals surface area contributed by atoms with Crippen molar-refractivity contribution in [2.45, 2.75) is 0 Å². The Labute approximate surface area is 106 Å². The Balaban J connectivity index is 1.95. The van der Waals surface area contributed by atoms with Crippen molar-refractivity contribution in [3.63, 3.8) is 0 Å². The molecule has 3 heteroatoms. The number of hydrogen-bond acceptors (Lipinski definition) is 3. The van der Waals surface area contributed by atoms with Gasteiger partial charge >= 0.3 is 0 Å². The van der Waals surface area contributed by atoms with Crippen LogP contribution in [0, 0.1) is 11.3 Å². The van der Waals surface area contributed by atoms with Gasteiger partial charge in [0.2, 0.25) is 0 Å². The quantitative estimate of drug-likeness (QED) is 0.830. The van der Waals surface area contributed by atoms with Crippen LogP contribution in [0.5, 0.6) is 0 Å². The molecule has 0 saturated carbocycles. The molecule has 0 unspecified atom stereocenters. The van der Waals surface area contributed by atoms with Gasteiger partial charge in [0.05, 0.1) is 18.2 Å². The monoisotopic (exact) mass is 236 g/mol. The summed E-state index contributed by atoms with van der Waals surface area (Å²) < 4.78 is 0. The molecule has 18 heavy (non-hydrogen) atoms. The summed E-state index contributed by atoms with van der Waals surface area (Å²) in [6.07, 6.45) is 0. The van der Waals surface area contributed by atoms with Gasteiger partial charge in [-0.2, -0.15) is 5.26 Å². The van der Waals surface area contributed by atoms with E-state index < -0.39 is 0 Å². The van der Waals surface area contributed by atoms with Gasteiger partial charge in [-0.3, -0.25) is 4.79 Å². The number of benzene rings is 2. The van der Waals surface area contributed by atoms with E-state index in [1.54, 1.807) is 36.4 Å². The van der Waals surface area contributed by atoms with Crippen molar-refractivity contribution in [3.8, 4) is 6.07 Å². The van der Waals surface area contributed by atoms with Gasteiger partial charge < -0.3 is 5.32 Å². The highest BCUT2D eigenvalue weighted by molar-refractivity contribution is 5.98. The summed E-state index contributed by atoms with van der Waals surface area (Å²) in [4.78, 5) is 11.8. The minimum Gasteiger partial charge on any atom is -0.378 e. The van der Waals surface area contributed by atoms with Gasteiger partial charge in [-0.1, -0.05) is 30.3 Å². The van der Waals surface area contributed by atoms with Crippen LogP contribution < -0.4 is 5.32 Å². The molecule has 0 atom stereocenters. The van der Waals surface area contributed by atoms with Crippen molar-refractivity contribution in [1.82, 2.24) is 0 Å². The highest BCUT2D eigenvalue weighted by atomic mass is 16.1. The van der Waals surface area contributed by atoms with Crippen LogP contribution >= 0.6 is 0 Å². The molecule has 0 aliphatic heterocycles. The lowest BCUT2D eigenvalue weighted by Gasteiger charge is -2.05. The van der Waals surface area contributed by atoms with Gasteiger partial charge in [0.15, 0.2) is 5.78 Å². The fraction of sp³-hybridized carbons (Fsp3) is 0.0667. The molecule has 2 aromatic carbocycles. The standard InChI is InChI=1S/C15H12N2O/c16-10-12-6-8-14(9-7-12)17-11-15(18)13-4-2-1-3-5-13/h1-9,17H,11H2. The Morgan fingerprint density at radius 1 is 1.06 bits per heavy atom. The minimum atomic E-state index is 0.0416. The van der Waals surface area contributed by atoms with Gasteiger partial charge in [0.1, 0.15) is 0 Å². The first-order chi connectivity index (χ1) is 8.79. The molecule has 3 nitrogen and oxygen atoms in total. The Morgan fingerprint density at radius 3 is 2.33 bits per heavy atom. The number of carbonyl (C=O) groups excluding carboxylic acids is 1. The number of Topliss-reactive ketones (excluding diaryl/α,β-unsaturated/α-hetero) is 1. The Kier molecular flexibility index (Phi) is 3.72. The van der Waals surface area contributed by atoms with Crippen molar-refractivity contribution >= 4 is 11.5 Å². The molecular formula is C15H12N2O. The maximum atomic E-state index is 11.8. The fourth-order valence-corrected chi connectivity index (χ4v) is 1.57. The molecule has 0 radical (unpaired) electrons. The maximum Gasteiger partial charge on any atom is 0.181 e. The third-order valence-electron chi connectivity index (χ3n) is 2.56. The van der Waals surface area contributed by atoms with Crippen LogP contribution in [0.15, 0.2) is 54.6 Å². The number of nitriles is 1. The lowest BCUT2D eigenvalue weighted by atomic mass is 10.1. The van der Waals surface area contributed by atoms with E-state index in [9.17, 15) is 4.79 Å². The number of carbonyl (C=O) groups is 1. The topological polar surface area (TPSA) is 52.9 Å². The van der Waals surface area contributed by atoms with Crippen molar-refractivity contribution in [1.29, 1.82) is 5.26 Å². The van der Waals surface area contributed by atoms with Crippen LogP contribution in [0.4, 0.5) is 5.69 Å². The summed E-state index contributed by atoms with van der Waals surface area (Å²) in [7, 11) is 0. The number of nitrogens with one attached hydrogen (secondary N) is 1. The van der Waals surface area contributed by atoms with Crippen LogP contribution in [-0.2, 0) is 0 Å². The lowest BCUT2D eigenvalue weighted by molar-refractivity contribution is 0.101. The molecule has 88 valence electrons. The predicted octanol–water partition coefficient (Wildman–Crippen LogP) is 2.85. The van der Waals surface area contributed by atoms with Gasteiger partial charge in [0.25, 0.3) is 0 Å². The molecule has 2 rings (SSSR count). The van der Waals surface area contributed by atoms with E-state index in [0.29, 0.717) is 11.1 Å². The van der Waals surface area contributed by atoms with Crippen LogP contribution in [0.25, 0.3) is 0 Å². The number of hydrogen-bond donors (Lipinski definition) is 1. The highest BCUT2D eigenvalue weighted by Gasteiger charge is 2.04. The van der Waals surface area contributed by atoms with E-state index in [4.69, 9.17) is 5.26 Å². The van der Waals surface area contributed by atoms with E-state index >= 15 is 0 Å². The van der Waals surface area contributed by atoms with Gasteiger partial charge in [-0.05, 0) is 24.3 Å². The van der Waals surface area contributed by atoms with Crippen molar-refractivity contribution in [2.75, 3.05) is 11.9 Å². The van der Waals surface area contributed by atoms with Crippen molar-refractivity contribution in [2.24, 2.45) is 0 Å². The molecule has 0 spiro atoms. The maximum absolute atomic E-state index is 11.8. The average Bonchev–Trinajstić information content (AvgIpc) is 2.46. The molecule has 0 heterocycles. The average molecular weight is 236 g/mol. The number of rotatable bonds is 4. The molecule has 0 aromatic heterocycles. The van der Waals surface area contributed by atoms with Crippen LogP contribution in [0.1, 0.15) is 15.9 Å². The van der Waals surface area contributed by atoms with Gasteiger partial charge in [-0.25, -0.2) is 0 Å². The third-order valence-corrected chi connectivity index (χ3v) is 2.56. The summed E-state index contributed by atoms with van der Waals surface area (Å²) in [6, 6.07) is 18.2. The van der Waals surface area contributed by atoms with Crippen molar-refractivity contribution in [3.05, 3.63) is 65.7 Å². The summed E-state index contributed by atoms with van der Waals surface area (Å²) >= 11 is 0. The largest absolute Gasteiger partial charge is 0.378 e. The third kappa shape index (κ3) is 2.96. The Hall–Kier alpha value is -2.60. The molecule has 0 aliphatic rings. The zero-order chi connectivity index (χ0) is 12.8. The van der Waals surface area contributed by atoms with Crippen LogP contribution in [0.3, 0.4) is 0 Å². The fourth-order valence-electron chi connectivity index (χ4n) is 1.57. The minimum absolute atomic E-state index is 0.0416. The first-order valence-corrected chi connectivity index (χ1v) is 5.62. The highest BCUT2D eigenvalue weighted by Crippen LogP contribution is 2.09. The summed E-state index contributed by atoms with van der Waals surface area (Å²) in [6.45, 7) is 0.246. The second-order valence-corrected chi connectivity index (χ2v) is 3.83. The summed E-state index contributed by atoms with van der Waals surface area (Å²) in [5, 5.41) is 11.7. The van der Waals surface area contributed by atoms with E-state index in [1.807, 2.05) is 18.2 Å². The van der Waals surface area contributed by atoms with E-state index in [1.165, 1.54) is 0 Å². The molecular weight excluding hydrogens is 224 g/mol. The first-order valence-electron chi connectivity index (χ1n) is 5.62.